The Bertz CT molecular complexity index is 566. The van der Waals surface area contributed by atoms with Gasteiger partial charge in [0.2, 0.25) is 0 Å². The van der Waals surface area contributed by atoms with Gasteiger partial charge in [-0.1, -0.05) is 0 Å². The number of nitrogens with zero attached hydrogens (tertiary/aromatic N) is 2. The summed E-state index contributed by atoms with van der Waals surface area (Å²) in [6, 6.07) is 7.08. The number of carboxylic acids is 1. The molecule has 6 heteroatoms. The topological polar surface area (TPSA) is 79.2 Å². The Kier molecular flexibility index (Phi) is 4.57. The number of benzene rings is 1. The van der Waals surface area contributed by atoms with E-state index in [1.165, 1.54) is 5.01 Å². The fourth-order valence-electron chi connectivity index (χ4n) is 2.24. The van der Waals surface area contributed by atoms with Gasteiger partial charge in [0.25, 0.3) is 5.91 Å². The molecule has 0 spiro atoms. The normalized spacial score (nSPS) is 17.8. The van der Waals surface area contributed by atoms with Gasteiger partial charge in [0.1, 0.15) is 5.75 Å². The molecule has 21 heavy (non-hydrogen) atoms. The van der Waals surface area contributed by atoms with Crippen LogP contribution in [-0.4, -0.2) is 29.3 Å². The van der Waals surface area contributed by atoms with Gasteiger partial charge >= 0.3 is 5.97 Å². The average Bonchev–Trinajstić information content (AvgIpc) is 2.73. The van der Waals surface area contributed by atoms with Crippen molar-refractivity contribution in [3.05, 3.63) is 24.3 Å². The van der Waals surface area contributed by atoms with Gasteiger partial charge in [-0.05, 0) is 44.5 Å². The number of ether oxygens (including phenoxy) is 1. The van der Waals surface area contributed by atoms with E-state index in [9.17, 15) is 9.59 Å². The maximum absolute atomic E-state index is 12.3. The lowest BCUT2D eigenvalue weighted by molar-refractivity contribution is -0.137. The predicted molar refractivity (Wildman–Crippen MR) is 78.6 cm³/mol. The number of hydrazone groups is 1. The molecule has 0 radical (unpaired) electrons. The molecule has 0 saturated heterocycles. The van der Waals surface area contributed by atoms with Gasteiger partial charge in [0.15, 0.2) is 0 Å². The number of rotatable bonds is 6. The van der Waals surface area contributed by atoms with E-state index in [4.69, 9.17) is 9.84 Å². The molecule has 6 nitrogen and oxygen atoms in total. The van der Waals surface area contributed by atoms with E-state index in [0.717, 1.165) is 5.75 Å². The van der Waals surface area contributed by atoms with Crippen molar-refractivity contribution in [2.24, 2.45) is 11.0 Å². The highest BCUT2D eigenvalue weighted by Gasteiger charge is 2.34. The van der Waals surface area contributed by atoms with Crippen molar-refractivity contribution in [3.8, 4) is 5.75 Å². The van der Waals surface area contributed by atoms with Crippen LogP contribution in [0.25, 0.3) is 0 Å². The van der Waals surface area contributed by atoms with Crippen molar-refractivity contribution in [1.29, 1.82) is 0 Å². The number of hydrogen-bond donors (Lipinski definition) is 1. The summed E-state index contributed by atoms with van der Waals surface area (Å²) >= 11 is 0. The van der Waals surface area contributed by atoms with Crippen LogP contribution in [0.1, 0.15) is 26.7 Å². The number of amides is 1. The van der Waals surface area contributed by atoms with Crippen LogP contribution in [0.3, 0.4) is 0 Å². The third-order valence-electron chi connectivity index (χ3n) is 3.31. The Morgan fingerprint density at radius 2 is 2.05 bits per heavy atom. The molecule has 1 amide bonds. The first-order valence-electron chi connectivity index (χ1n) is 6.86. The second kappa shape index (κ2) is 6.39. The molecule has 1 unspecified atom stereocenters. The van der Waals surface area contributed by atoms with Crippen molar-refractivity contribution >= 4 is 23.3 Å². The van der Waals surface area contributed by atoms with Crippen LogP contribution in [0, 0.1) is 5.92 Å². The van der Waals surface area contributed by atoms with Gasteiger partial charge in [-0.25, -0.2) is 5.01 Å². The Morgan fingerprint density at radius 1 is 1.38 bits per heavy atom. The van der Waals surface area contributed by atoms with E-state index in [2.05, 4.69) is 5.10 Å². The van der Waals surface area contributed by atoms with Gasteiger partial charge in [0.05, 0.1) is 18.2 Å². The molecule has 1 aromatic rings. The molecule has 0 aliphatic carbocycles. The SMILES string of the molecule is CCOc1ccc(N2N=C(C)C(CCC(=O)O)C2=O)cc1. The zero-order valence-corrected chi connectivity index (χ0v) is 12.1. The molecule has 1 N–H and O–H groups in total. The maximum Gasteiger partial charge on any atom is 0.303 e. The zero-order chi connectivity index (χ0) is 15.4. The van der Waals surface area contributed by atoms with Crippen LogP contribution in [0.2, 0.25) is 0 Å². The summed E-state index contributed by atoms with van der Waals surface area (Å²) in [6.45, 7) is 4.23. The molecular formula is C15H18N2O4. The van der Waals surface area contributed by atoms with Gasteiger partial charge in [-0.3, -0.25) is 9.59 Å². The van der Waals surface area contributed by atoms with Crippen LogP contribution in [0.15, 0.2) is 29.4 Å². The quantitative estimate of drug-likeness (QED) is 0.871. The van der Waals surface area contributed by atoms with Crippen LogP contribution < -0.4 is 9.75 Å². The van der Waals surface area contributed by atoms with Gasteiger partial charge in [-0.2, -0.15) is 5.10 Å². The molecule has 2 rings (SSSR count). The third kappa shape index (κ3) is 3.39. The molecule has 1 aliphatic heterocycles. The lowest BCUT2D eigenvalue weighted by Crippen LogP contribution is -2.27. The van der Waals surface area contributed by atoms with Crippen molar-refractivity contribution < 1.29 is 19.4 Å². The molecule has 0 bridgehead atoms. The second-order valence-corrected chi connectivity index (χ2v) is 4.80. The van der Waals surface area contributed by atoms with E-state index in [1.54, 1.807) is 31.2 Å². The van der Waals surface area contributed by atoms with Crippen LogP contribution in [0.5, 0.6) is 5.75 Å². The maximum atomic E-state index is 12.3. The Balaban J connectivity index is 2.11. The molecule has 112 valence electrons. The minimum absolute atomic E-state index is 0.0413. The Morgan fingerprint density at radius 3 is 2.62 bits per heavy atom. The lowest BCUT2D eigenvalue weighted by Gasteiger charge is -2.14. The number of anilines is 1. The number of carbonyl (C=O) groups excluding carboxylic acids is 1. The molecular weight excluding hydrogens is 272 g/mol. The predicted octanol–water partition coefficient (Wildman–Crippen LogP) is 2.29. The van der Waals surface area contributed by atoms with Gasteiger partial charge < -0.3 is 9.84 Å². The van der Waals surface area contributed by atoms with Crippen LogP contribution >= 0.6 is 0 Å². The van der Waals surface area contributed by atoms with Crippen molar-refractivity contribution in [2.45, 2.75) is 26.7 Å². The molecule has 1 aromatic carbocycles. The highest BCUT2D eigenvalue weighted by Crippen LogP contribution is 2.27. The first kappa shape index (κ1) is 15.0. The first-order valence-corrected chi connectivity index (χ1v) is 6.86. The van der Waals surface area contributed by atoms with E-state index in [0.29, 0.717) is 18.0 Å². The first-order chi connectivity index (χ1) is 10.0. The van der Waals surface area contributed by atoms with E-state index in [-0.39, 0.29) is 18.7 Å². The largest absolute Gasteiger partial charge is 0.494 e. The average molecular weight is 290 g/mol. The van der Waals surface area contributed by atoms with Crippen molar-refractivity contribution in [3.63, 3.8) is 0 Å². The number of hydrogen-bond acceptors (Lipinski definition) is 4. The van der Waals surface area contributed by atoms with E-state index < -0.39 is 11.9 Å². The standard InChI is InChI=1S/C15H18N2O4/c1-3-21-12-6-4-11(5-7-12)17-15(20)13(10(2)16-17)8-9-14(18)19/h4-7,13H,3,8-9H2,1-2H3,(H,18,19). The van der Waals surface area contributed by atoms with E-state index in [1.807, 2.05) is 6.92 Å². The monoisotopic (exact) mass is 290 g/mol. The van der Waals surface area contributed by atoms with Crippen molar-refractivity contribution in [1.82, 2.24) is 0 Å². The van der Waals surface area contributed by atoms with Crippen LogP contribution in [0.4, 0.5) is 5.69 Å². The molecule has 0 saturated carbocycles. The fourth-order valence-corrected chi connectivity index (χ4v) is 2.24. The third-order valence-corrected chi connectivity index (χ3v) is 3.31. The Hall–Kier alpha value is -2.37. The summed E-state index contributed by atoms with van der Waals surface area (Å²) in [5, 5.41) is 14.3. The molecule has 1 heterocycles. The molecule has 0 fully saturated rings. The smallest absolute Gasteiger partial charge is 0.303 e. The van der Waals surface area contributed by atoms with Crippen LogP contribution in [-0.2, 0) is 9.59 Å². The second-order valence-electron chi connectivity index (χ2n) is 4.80. The summed E-state index contributed by atoms with van der Waals surface area (Å²) < 4.78 is 5.35. The summed E-state index contributed by atoms with van der Waals surface area (Å²) in [5.74, 6) is -0.809. The molecule has 0 aromatic heterocycles. The highest BCUT2D eigenvalue weighted by molar-refractivity contribution is 6.14. The van der Waals surface area contributed by atoms with Gasteiger partial charge in [-0.15, -0.1) is 0 Å². The highest BCUT2D eigenvalue weighted by atomic mass is 16.5. The number of aliphatic carboxylic acids is 1. The summed E-state index contributed by atoms with van der Waals surface area (Å²) in [4.78, 5) is 23.0. The summed E-state index contributed by atoms with van der Waals surface area (Å²) in [7, 11) is 0. The molecule has 1 aliphatic rings. The fraction of sp³-hybridized carbons (Fsp3) is 0.400. The minimum atomic E-state index is -0.907. The summed E-state index contributed by atoms with van der Waals surface area (Å²) in [5.41, 5.74) is 1.30. The summed E-state index contributed by atoms with van der Waals surface area (Å²) in [6.07, 6.45) is 0.234. The minimum Gasteiger partial charge on any atom is -0.494 e. The van der Waals surface area contributed by atoms with E-state index >= 15 is 0 Å². The van der Waals surface area contributed by atoms with Gasteiger partial charge in [0, 0.05) is 12.1 Å². The zero-order valence-electron chi connectivity index (χ0n) is 12.1. The lowest BCUT2D eigenvalue weighted by atomic mass is 9.98. The molecule has 1 atom stereocenters. The Labute approximate surface area is 123 Å². The van der Waals surface area contributed by atoms with Crippen molar-refractivity contribution in [2.75, 3.05) is 11.6 Å². The number of carboxylic acid groups (broad SMARTS) is 1. The number of carbonyl (C=O) groups is 2.